The van der Waals surface area contributed by atoms with Crippen LogP contribution < -0.4 is 14.2 Å². The van der Waals surface area contributed by atoms with Crippen molar-refractivity contribution < 1.29 is 42.8 Å². The Morgan fingerprint density at radius 2 is 1.02 bits per heavy atom. The molecule has 0 N–H and O–H groups in total. The van der Waals surface area contributed by atoms with Crippen LogP contribution >= 0.6 is 0 Å². The number of fused-ring (bicyclic) bond motifs is 6. The van der Waals surface area contributed by atoms with E-state index in [1.807, 2.05) is 12.1 Å². The van der Waals surface area contributed by atoms with Crippen molar-refractivity contribution in [2.75, 3.05) is 13.2 Å². The van der Waals surface area contributed by atoms with Gasteiger partial charge in [-0.1, -0.05) is 122 Å². The Bertz CT molecular complexity index is 1530. The highest BCUT2D eigenvalue weighted by Crippen LogP contribution is 2.57. The maximum atomic E-state index is 13.2. The summed E-state index contributed by atoms with van der Waals surface area (Å²) < 4.78 is 34.2. The highest BCUT2D eigenvalue weighted by atomic mass is 16.7. The number of benzene rings is 3. The molecule has 0 fully saturated rings. The van der Waals surface area contributed by atoms with E-state index in [4.69, 9.17) is 28.4 Å². The van der Waals surface area contributed by atoms with Crippen LogP contribution in [0.3, 0.4) is 0 Å². The molecule has 0 amide bonds. The molecule has 0 bridgehead atoms. The van der Waals surface area contributed by atoms with Gasteiger partial charge in [0.15, 0.2) is 5.60 Å². The standard InChI is InChI=1S/C42H52O9/c1-3-5-7-9-11-13-15-19-27-46-40(44)48-31-23-25-35-37(29-31)50-38-30-32(49-41(45)47-28-20-16-14-12-10-8-6-4-2)24-26-36(38)42(35)34-22-18-17-21-33(34)39(43)51-42/h17-18,21-26,29-30H,3-16,19-20,27-28H2,1-2H3. The first kappa shape index (κ1) is 37.7. The van der Waals surface area contributed by atoms with Gasteiger partial charge in [0, 0.05) is 28.8 Å². The van der Waals surface area contributed by atoms with Crippen molar-refractivity contribution >= 4 is 18.3 Å². The number of hydrogen-bond donors (Lipinski definition) is 0. The zero-order valence-electron chi connectivity index (χ0n) is 30.2. The van der Waals surface area contributed by atoms with Crippen molar-refractivity contribution in [3.05, 3.63) is 82.9 Å². The second-order valence-corrected chi connectivity index (χ2v) is 13.4. The minimum absolute atomic E-state index is 0.211. The average Bonchev–Trinajstić information content (AvgIpc) is 3.42. The Kier molecular flexibility index (Phi) is 14.2. The van der Waals surface area contributed by atoms with Gasteiger partial charge in [-0.2, -0.15) is 0 Å². The van der Waals surface area contributed by atoms with Crippen molar-refractivity contribution in [2.24, 2.45) is 0 Å². The summed E-state index contributed by atoms with van der Waals surface area (Å²) in [5.74, 6) is 0.578. The van der Waals surface area contributed by atoms with E-state index >= 15 is 0 Å². The predicted molar refractivity (Wildman–Crippen MR) is 194 cm³/mol. The molecule has 1 spiro atoms. The maximum absolute atomic E-state index is 13.2. The molecule has 9 heteroatoms. The van der Waals surface area contributed by atoms with Crippen molar-refractivity contribution in [2.45, 2.75) is 122 Å². The maximum Gasteiger partial charge on any atom is 0.513 e. The molecule has 3 aromatic carbocycles. The van der Waals surface area contributed by atoms with Crippen LogP contribution in [0.5, 0.6) is 23.0 Å². The van der Waals surface area contributed by atoms with Gasteiger partial charge in [0.1, 0.15) is 23.0 Å². The van der Waals surface area contributed by atoms with Crippen LogP contribution in [0.4, 0.5) is 9.59 Å². The van der Waals surface area contributed by atoms with Gasteiger partial charge < -0.3 is 28.4 Å². The van der Waals surface area contributed by atoms with Gasteiger partial charge in [-0.15, -0.1) is 0 Å². The van der Waals surface area contributed by atoms with Crippen molar-refractivity contribution in [1.82, 2.24) is 0 Å². The van der Waals surface area contributed by atoms with Crippen LogP contribution in [-0.2, 0) is 19.8 Å². The Labute approximate surface area is 301 Å². The third-order valence-electron chi connectivity index (χ3n) is 9.49. The zero-order valence-corrected chi connectivity index (χ0v) is 30.2. The summed E-state index contributed by atoms with van der Waals surface area (Å²) in [7, 11) is 0. The molecule has 274 valence electrons. The van der Waals surface area contributed by atoms with E-state index in [0.717, 1.165) is 38.5 Å². The van der Waals surface area contributed by atoms with Gasteiger partial charge in [-0.3, -0.25) is 0 Å². The summed E-state index contributed by atoms with van der Waals surface area (Å²) in [5, 5.41) is 0. The van der Waals surface area contributed by atoms with E-state index in [1.54, 1.807) is 48.5 Å². The van der Waals surface area contributed by atoms with E-state index in [2.05, 4.69) is 13.8 Å². The molecule has 0 radical (unpaired) electrons. The highest BCUT2D eigenvalue weighted by molar-refractivity contribution is 5.97. The first-order valence-corrected chi connectivity index (χ1v) is 18.9. The fourth-order valence-electron chi connectivity index (χ4n) is 6.80. The van der Waals surface area contributed by atoms with Crippen LogP contribution in [0.2, 0.25) is 0 Å². The average molecular weight is 701 g/mol. The van der Waals surface area contributed by atoms with E-state index in [1.165, 1.54) is 64.2 Å². The molecule has 2 aliphatic heterocycles. The van der Waals surface area contributed by atoms with Crippen molar-refractivity contribution in [1.29, 1.82) is 0 Å². The molecule has 2 heterocycles. The molecular weight excluding hydrogens is 648 g/mol. The van der Waals surface area contributed by atoms with Crippen molar-refractivity contribution in [3.63, 3.8) is 0 Å². The monoisotopic (exact) mass is 700 g/mol. The van der Waals surface area contributed by atoms with Gasteiger partial charge in [0.05, 0.1) is 18.8 Å². The lowest BCUT2D eigenvalue weighted by molar-refractivity contribution is 0.0224. The summed E-state index contributed by atoms with van der Waals surface area (Å²) in [5.41, 5.74) is 0.878. The normalized spacial score (nSPS) is 13.4. The van der Waals surface area contributed by atoms with Crippen molar-refractivity contribution in [3.8, 4) is 23.0 Å². The Balaban J connectivity index is 1.23. The summed E-state index contributed by atoms with van der Waals surface area (Å²) in [4.78, 5) is 38.3. The second-order valence-electron chi connectivity index (χ2n) is 13.4. The first-order valence-electron chi connectivity index (χ1n) is 18.9. The minimum Gasteiger partial charge on any atom is -0.456 e. The van der Waals surface area contributed by atoms with Crippen LogP contribution in [0, 0.1) is 0 Å². The molecule has 0 saturated carbocycles. The number of ether oxygens (including phenoxy) is 6. The minimum atomic E-state index is -1.33. The Morgan fingerprint density at radius 1 is 0.569 bits per heavy atom. The third-order valence-corrected chi connectivity index (χ3v) is 9.49. The van der Waals surface area contributed by atoms with Gasteiger partial charge >= 0.3 is 18.3 Å². The molecule has 2 aliphatic rings. The topological polar surface area (TPSA) is 107 Å². The fraction of sp³-hybridized carbons (Fsp3) is 0.500. The van der Waals surface area contributed by atoms with E-state index in [9.17, 15) is 14.4 Å². The molecule has 0 aliphatic carbocycles. The summed E-state index contributed by atoms with van der Waals surface area (Å²) in [6.07, 6.45) is 16.6. The number of unbranched alkanes of at least 4 members (excludes halogenated alkanes) is 14. The smallest absolute Gasteiger partial charge is 0.456 e. The Morgan fingerprint density at radius 3 is 1.51 bits per heavy atom. The van der Waals surface area contributed by atoms with E-state index in [0.29, 0.717) is 33.8 Å². The highest BCUT2D eigenvalue weighted by Gasteiger charge is 2.53. The summed E-state index contributed by atoms with van der Waals surface area (Å²) >= 11 is 0. The molecule has 51 heavy (non-hydrogen) atoms. The molecule has 0 unspecified atom stereocenters. The summed E-state index contributed by atoms with van der Waals surface area (Å²) in [6, 6.07) is 17.0. The third kappa shape index (κ3) is 9.83. The lowest BCUT2D eigenvalue weighted by Gasteiger charge is -2.36. The number of rotatable bonds is 20. The molecular formula is C42H52O9. The quantitative estimate of drug-likeness (QED) is 0.0492. The van der Waals surface area contributed by atoms with Crippen LogP contribution in [0.25, 0.3) is 0 Å². The van der Waals surface area contributed by atoms with Crippen LogP contribution in [0.1, 0.15) is 144 Å². The number of esters is 1. The lowest BCUT2D eigenvalue weighted by atomic mass is 9.77. The Hall–Kier alpha value is -4.53. The molecule has 9 nitrogen and oxygen atoms in total. The van der Waals surface area contributed by atoms with E-state index < -0.39 is 23.9 Å². The number of carbonyl (C=O) groups excluding carboxylic acids is 3. The zero-order chi connectivity index (χ0) is 35.9. The molecule has 3 aromatic rings. The van der Waals surface area contributed by atoms with Gasteiger partial charge in [-0.05, 0) is 43.2 Å². The predicted octanol–water partition coefficient (Wildman–Crippen LogP) is 11.6. The molecule has 0 atom stereocenters. The number of hydrogen-bond acceptors (Lipinski definition) is 9. The largest absolute Gasteiger partial charge is 0.513 e. The molecule has 0 aromatic heterocycles. The van der Waals surface area contributed by atoms with Gasteiger partial charge in [0.2, 0.25) is 0 Å². The van der Waals surface area contributed by atoms with E-state index in [-0.39, 0.29) is 24.7 Å². The summed E-state index contributed by atoms with van der Waals surface area (Å²) in [6.45, 7) is 4.98. The van der Waals surface area contributed by atoms with Gasteiger partial charge in [-0.25, -0.2) is 14.4 Å². The van der Waals surface area contributed by atoms with Crippen LogP contribution in [0.15, 0.2) is 60.7 Å². The second kappa shape index (κ2) is 19.2. The number of carbonyl (C=O) groups is 3. The lowest BCUT2D eigenvalue weighted by Crippen LogP contribution is -2.33. The molecule has 5 rings (SSSR count). The first-order chi connectivity index (χ1) is 25.0. The fourth-order valence-corrected chi connectivity index (χ4v) is 6.80. The van der Waals surface area contributed by atoms with Gasteiger partial charge in [0.25, 0.3) is 0 Å². The SMILES string of the molecule is CCCCCCCCCCOC(=O)Oc1ccc2c(c1)Oc1cc(OC(=O)OCCCCCCCCCC)ccc1C21OC(=O)c2ccccc21. The van der Waals surface area contributed by atoms with Crippen LogP contribution in [-0.4, -0.2) is 31.5 Å². The molecule has 0 saturated heterocycles.